The molecule has 0 radical (unpaired) electrons. The molecule has 0 bridgehead atoms. The van der Waals surface area contributed by atoms with Gasteiger partial charge in [0.25, 0.3) is 0 Å². The van der Waals surface area contributed by atoms with Crippen LogP contribution in [0.5, 0.6) is 0 Å². The predicted octanol–water partition coefficient (Wildman–Crippen LogP) is 8.45. The molecule has 4 aliphatic carbocycles. The van der Waals surface area contributed by atoms with Crippen LogP contribution < -0.4 is 0 Å². The Bertz CT molecular complexity index is 1040. The molecule has 3 saturated carbocycles. The van der Waals surface area contributed by atoms with Crippen molar-refractivity contribution < 1.29 is 14.3 Å². The summed E-state index contributed by atoms with van der Waals surface area (Å²) in [6.07, 6.45) is 18.9. The van der Waals surface area contributed by atoms with E-state index in [-0.39, 0.29) is 36.2 Å². The zero-order valence-corrected chi connectivity index (χ0v) is 32.1. The van der Waals surface area contributed by atoms with Crippen LogP contribution in [-0.4, -0.2) is 87.0 Å². The van der Waals surface area contributed by atoms with Crippen molar-refractivity contribution in [2.45, 2.75) is 137 Å². The number of fused-ring (bicyclic) bond motifs is 5. The Hall–Kier alpha value is -1.40. The van der Waals surface area contributed by atoms with Crippen molar-refractivity contribution in [3.63, 3.8) is 0 Å². The van der Waals surface area contributed by atoms with Gasteiger partial charge in [-0.1, -0.05) is 65.5 Å². The third-order valence-electron chi connectivity index (χ3n) is 13.5. The van der Waals surface area contributed by atoms with Gasteiger partial charge in [-0.05, 0) is 145 Å². The molecule has 6 heteroatoms. The third kappa shape index (κ3) is 9.65. The largest absolute Gasteiger partial charge is 0.462 e. The van der Waals surface area contributed by atoms with Crippen LogP contribution in [0, 0.1) is 46.3 Å². The molecule has 3 fully saturated rings. The first kappa shape index (κ1) is 38.4. The third-order valence-corrected chi connectivity index (χ3v) is 13.5. The molecular formula is C41H73N3O3. The van der Waals surface area contributed by atoms with Gasteiger partial charge in [0.1, 0.15) is 6.10 Å². The number of hydrogen-bond acceptors (Lipinski definition) is 5. The molecule has 0 aromatic carbocycles. The van der Waals surface area contributed by atoms with Crippen LogP contribution in [-0.2, 0) is 14.3 Å². The summed E-state index contributed by atoms with van der Waals surface area (Å²) in [4.78, 5) is 32.5. The molecule has 0 N–H and O–H groups in total. The van der Waals surface area contributed by atoms with E-state index in [2.05, 4.69) is 78.7 Å². The average molecular weight is 656 g/mol. The van der Waals surface area contributed by atoms with Gasteiger partial charge in [-0.25, -0.2) is 0 Å². The van der Waals surface area contributed by atoms with Crippen molar-refractivity contribution in [3.8, 4) is 0 Å². The lowest BCUT2D eigenvalue weighted by Gasteiger charge is -2.58. The van der Waals surface area contributed by atoms with Gasteiger partial charge in [-0.2, -0.15) is 0 Å². The summed E-state index contributed by atoms with van der Waals surface area (Å²) in [6, 6.07) is 0. The summed E-state index contributed by atoms with van der Waals surface area (Å²) in [7, 11) is 8.26. The van der Waals surface area contributed by atoms with Gasteiger partial charge in [0.2, 0.25) is 5.91 Å². The number of ether oxygens (including phenoxy) is 1. The Kier molecular flexibility index (Phi) is 13.9. The minimum atomic E-state index is -0.198. The van der Waals surface area contributed by atoms with Crippen LogP contribution in [0.15, 0.2) is 11.6 Å². The van der Waals surface area contributed by atoms with Gasteiger partial charge in [-0.3, -0.25) is 9.59 Å². The van der Waals surface area contributed by atoms with Crippen molar-refractivity contribution in [3.05, 3.63) is 11.6 Å². The van der Waals surface area contributed by atoms with E-state index in [9.17, 15) is 9.59 Å². The molecule has 1 amide bonds. The number of nitrogens with zero attached hydrogens (tertiary/aromatic N) is 3. The van der Waals surface area contributed by atoms with Crippen molar-refractivity contribution in [1.82, 2.24) is 14.7 Å². The fourth-order valence-corrected chi connectivity index (χ4v) is 10.9. The normalized spacial score (nSPS) is 32.5. The van der Waals surface area contributed by atoms with E-state index in [0.717, 1.165) is 93.8 Å². The van der Waals surface area contributed by atoms with Crippen LogP contribution >= 0.6 is 0 Å². The Balaban J connectivity index is 1.29. The van der Waals surface area contributed by atoms with Gasteiger partial charge in [-0.15, -0.1) is 0 Å². The standard InChI is InChI=1S/C41H73N3O3/c1-30(2)13-10-14-31(3)35-17-18-36-34-16-15-32-29-33(21-23-40(32,4)37(34)22-24-41(35,36)5)47-39(46)20-19-38(45)44(27-11-25-42(6)7)28-12-26-43(8)9/h15,30-31,33-37H,10-14,16-29H2,1-9H3/t31-,33+,34+,35-,36+,37+,40?,41-/m1/s1. The minimum absolute atomic E-state index is 0.0406. The first-order chi connectivity index (χ1) is 22.2. The number of hydrogen-bond donors (Lipinski definition) is 0. The Morgan fingerprint density at radius 3 is 2.15 bits per heavy atom. The first-order valence-electron chi connectivity index (χ1n) is 19.7. The average Bonchev–Trinajstić information content (AvgIpc) is 3.36. The number of carbonyl (C=O) groups excluding carboxylic acids is 2. The minimum Gasteiger partial charge on any atom is -0.462 e. The number of esters is 1. The van der Waals surface area contributed by atoms with Crippen LogP contribution in [0.1, 0.15) is 131 Å². The molecule has 4 rings (SSSR count). The monoisotopic (exact) mass is 656 g/mol. The van der Waals surface area contributed by atoms with Crippen molar-refractivity contribution in [1.29, 1.82) is 0 Å². The molecule has 0 aliphatic heterocycles. The highest BCUT2D eigenvalue weighted by molar-refractivity contribution is 5.81. The number of carbonyl (C=O) groups is 2. The van der Waals surface area contributed by atoms with Gasteiger partial charge in [0.15, 0.2) is 0 Å². The van der Waals surface area contributed by atoms with Crippen LogP contribution in [0.25, 0.3) is 0 Å². The van der Waals surface area contributed by atoms with Gasteiger partial charge < -0.3 is 19.4 Å². The highest BCUT2D eigenvalue weighted by atomic mass is 16.5. The molecule has 6 nitrogen and oxygen atoms in total. The van der Waals surface area contributed by atoms with E-state index >= 15 is 0 Å². The van der Waals surface area contributed by atoms with Crippen molar-refractivity contribution >= 4 is 11.9 Å². The summed E-state index contributed by atoms with van der Waals surface area (Å²) in [5, 5.41) is 0. The van der Waals surface area contributed by atoms with E-state index in [4.69, 9.17) is 4.74 Å². The maximum atomic E-state index is 13.2. The van der Waals surface area contributed by atoms with Crippen LogP contribution in [0.3, 0.4) is 0 Å². The number of allylic oxidation sites excluding steroid dienone is 1. The highest BCUT2D eigenvalue weighted by Gasteiger charge is 2.59. The van der Waals surface area contributed by atoms with Crippen molar-refractivity contribution in [2.24, 2.45) is 46.3 Å². The van der Waals surface area contributed by atoms with E-state index in [0.29, 0.717) is 5.41 Å². The summed E-state index contributed by atoms with van der Waals surface area (Å²) >= 11 is 0. The van der Waals surface area contributed by atoms with E-state index < -0.39 is 0 Å². The SMILES string of the molecule is CC(C)CCC[C@@H](C)[C@H]1CC[C@H]2[C@@H]3CC=C4C[C@@H](OC(=O)CCC(=O)N(CCCN(C)C)CCCN(C)C)CCC4(C)[C@H]3CC[C@]12C. The molecule has 270 valence electrons. The van der Waals surface area contributed by atoms with E-state index in [1.165, 1.54) is 51.4 Å². The van der Waals surface area contributed by atoms with Crippen molar-refractivity contribution in [2.75, 3.05) is 54.4 Å². The second-order valence-corrected chi connectivity index (χ2v) is 17.8. The zero-order valence-electron chi connectivity index (χ0n) is 32.1. The highest BCUT2D eigenvalue weighted by Crippen LogP contribution is 2.67. The Labute approximate surface area is 289 Å². The number of rotatable bonds is 17. The molecule has 47 heavy (non-hydrogen) atoms. The number of amides is 1. The quantitative estimate of drug-likeness (QED) is 0.116. The zero-order chi connectivity index (χ0) is 34.4. The van der Waals surface area contributed by atoms with E-state index in [1.807, 2.05) is 4.90 Å². The summed E-state index contributed by atoms with van der Waals surface area (Å²) in [5.41, 5.74) is 2.33. The molecule has 0 spiro atoms. The molecule has 1 unspecified atom stereocenters. The topological polar surface area (TPSA) is 53.1 Å². The molecular weight excluding hydrogens is 582 g/mol. The first-order valence-corrected chi connectivity index (χ1v) is 19.7. The molecule has 8 atom stereocenters. The lowest BCUT2D eigenvalue weighted by Crippen LogP contribution is -2.51. The Morgan fingerprint density at radius 1 is 0.830 bits per heavy atom. The molecule has 0 aromatic heterocycles. The Morgan fingerprint density at radius 2 is 1.51 bits per heavy atom. The summed E-state index contributed by atoms with van der Waals surface area (Å²) < 4.78 is 6.09. The summed E-state index contributed by atoms with van der Waals surface area (Å²) in [5.74, 6) is 4.90. The molecule has 0 saturated heterocycles. The predicted molar refractivity (Wildman–Crippen MR) is 195 cm³/mol. The van der Waals surface area contributed by atoms with Crippen LogP contribution in [0.2, 0.25) is 0 Å². The molecule has 0 aromatic rings. The van der Waals surface area contributed by atoms with Gasteiger partial charge >= 0.3 is 5.97 Å². The van der Waals surface area contributed by atoms with Gasteiger partial charge in [0.05, 0.1) is 6.42 Å². The maximum Gasteiger partial charge on any atom is 0.306 e. The molecule has 0 heterocycles. The maximum absolute atomic E-state index is 13.2. The lowest BCUT2D eigenvalue weighted by molar-refractivity contribution is -0.153. The second kappa shape index (κ2) is 17.0. The van der Waals surface area contributed by atoms with Gasteiger partial charge in [0, 0.05) is 25.9 Å². The second-order valence-electron chi connectivity index (χ2n) is 17.8. The lowest BCUT2D eigenvalue weighted by atomic mass is 9.47. The smallest absolute Gasteiger partial charge is 0.306 e. The molecule has 4 aliphatic rings. The summed E-state index contributed by atoms with van der Waals surface area (Å²) in [6.45, 7) is 15.9. The fourth-order valence-electron chi connectivity index (χ4n) is 10.9. The van der Waals surface area contributed by atoms with E-state index in [1.54, 1.807) is 5.57 Å². The van der Waals surface area contributed by atoms with Crippen LogP contribution in [0.4, 0.5) is 0 Å². The fraction of sp³-hybridized carbons (Fsp3) is 0.902.